The van der Waals surface area contributed by atoms with E-state index in [9.17, 15) is 4.79 Å². The van der Waals surface area contributed by atoms with Crippen molar-refractivity contribution >= 4 is 11.9 Å². The third-order valence-electron chi connectivity index (χ3n) is 3.72. The van der Waals surface area contributed by atoms with Gasteiger partial charge in [0.2, 0.25) is 5.91 Å². The molecule has 7 nitrogen and oxygen atoms in total. The summed E-state index contributed by atoms with van der Waals surface area (Å²) in [7, 11) is 1.78. The van der Waals surface area contributed by atoms with Crippen LogP contribution in [0.4, 0.5) is 0 Å². The highest BCUT2D eigenvalue weighted by molar-refractivity contribution is 5.79. The van der Waals surface area contributed by atoms with Crippen molar-refractivity contribution in [3.63, 3.8) is 0 Å². The molecule has 1 aliphatic rings. The summed E-state index contributed by atoms with van der Waals surface area (Å²) >= 11 is 0. The Hall–Kier alpha value is -1.34. The Bertz CT molecular complexity index is 341. The summed E-state index contributed by atoms with van der Waals surface area (Å²) in [4.78, 5) is 19.8. The zero-order valence-corrected chi connectivity index (χ0v) is 14.2. The molecule has 1 saturated heterocycles. The first kappa shape index (κ1) is 18.7. The van der Waals surface area contributed by atoms with Crippen LogP contribution in [-0.2, 0) is 9.53 Å². The summed E-state index contributed by atoms with van der Waals surface area (Å²) < 4.78 is 5.30. The van der Waals surface area contributed by atoms with Crippen molar-refractivity contribution in [2.45, 2.75) is 20.3 Å². The van der Waals surface area contributed by atoms with Crippen LogP contribution in [0.1, 0.15) is 20.3 Å². The van der Waals surface area contributed by atoms with Crippen LogP contribution in [0.2, 0.25) is 0 Å². The summed E-state index contributed by atoms with van der Waals surface area (Å²) in [6.07, 6.45) is 0.974. The Morgan fingerprint density at radius 2 is 1.86 bits per heavy atom. The molecular formula is C15H31N5O2. The average Bonchev–Trinajstić information content (AvgIpc) is 2.53. The molecule has 0 unspecified atom stereocenters. The normalized spacial score (nSPS) is 16.7. The standard InChI is InChI=1S/C15H31N5O2/c1-4-22-13-5-6-17-15(16-3)18-7-8-19-9-11-20(12-10-19)14(2)21/h4-13H2,1-3H3,(H2,16,17,18). The van der Waals surface area contributed by atoms with Crippen molar-refractivity contribution < 1.29 is 9.53 Å². The number of hydrogen-bond acceptors (Lipinski definition) is 4. The molecule has 0 spiro atoms. The van der Waals surface area contributed by atoms with E-state index in [1.165, 1.54) is 0 Å². The predicted molar refractivity (Wildman–Crippen MR) is 89.2 cm³/mol. The number of amides is 1. The third-order valence-corrected chi connectivity index (χ3v) is 3.72. The lowest BCUT2D eigenvalue weighted by atomic mass is 10.3. The van der Waals surface area contributed by atoms with E-state index >= 15 is 0 Å². The number of guanidine groups is 1. The van der Waals surface area contributed by atoms with Gasteiger partial charge in [-0.2, -0.15) is 0 Å². The Morgan fingerprint density at radius 3 is 2.45 bits per heavy atom. The maximum atomic E-state index is 11.3. The molecular weight excluding hydrogens is 282 g/mol. The van der Waals surface area contributed by atoms with Crippen molar-refractivity contribution in [2.24, 2.45) is 4.99 Å². The minimum atomic E-state index is 0.175. The average molecular weight is 313 g/mol. The number of ether oxygens (including phenoxy) is 1. The maximum Gasteiger partial charge on any atom is 0.219 e. The lowest BCUT2D eigenvalue weighted by molar-refractivity contribution is -0.130. The number of carbonyl (C=O) groups is 1. The minimum absolute atomic E-state index is 0.175. The van der Waals surface area contributed by atoms with E-state index < -0.39 is 0 Å². The molecule has 0 aromatic rings. The Morgan fingerprint density at radius 1 is 1.18 bits per heavy atom. The third kappa shape index (κ3) is 7.61. The summed E-state index contributed by atoms with van der Waals surface area (Å²) in [5.41, 5.74) is 0. The van der Waals surface area contributed by atoms with Gasteiger partial charge in [0.05, 0.1) is 0 Å². The Labute approximate surface area is 134 Å². The summed E-state index contributed by atoms with van der Waals surface area (Å²) in [5.74, 6) is 1.01. The van der Waals surface area contributed by atoms with Crippen LogP contribution >= 0.6 is 0 Å². The molecule has 0 aromatic heterocycles. The van der Waals surface area contributed by atoms with Gasteiger partial charge in [-0.05, 0) is 13.3 Å². The van der Waals surface area contributed by atoms with Crippen LogP contribution in [0.5, 0.6) is 0 Å². The first-order chi connectivity index (χ1) is 10.7. The zero-order chi connectivity index (χ0) is 16.2. The van der Waals surface area contributed by atoms with Gasteiger partial charge in [-0.15, -0.1) is 0 Å². The number of aliphatic imine (C=N–C) groups is 1. The lowest BCUT2D eigenvalue weighted by Crippen LogP contribution is -2.50. The molecule has 1 fully saturated rings. The second kappa shape index (κ2) is 11.3. The van der Waals surface area contributed by atoms with Gasteiger partial charge < -0.3 is 20.3 Å². The maximum absolute atomic E-state index is 11.3. The number of carbonyl (C=O) groups excluding carboxylic acids is 1. The number of nitrogens with one attached hydrogen (secondary N) is 2. The highest BCUT2D eigenvalue weighted by Crippen LogP contribution is 2.00. The highest BCUT2D eigenvalue weighted by Gasteiger charge is 2.17. The van der Waals surface area contributed by atoms with Crippen LogP contribution in [0, 0.1) is 0 Å². The molecule has 1 rings (SSSR count). The zero-order valence-electron chi connectivity index (χ0n) is 14.2. The number of hydrogen-bond donors (Lipinski definition) is 2. The van der Waals surface area contributed by atoms with Crippen molar-refractivity contribution in [2.75, 3.05) is 66.1 Å². The van der Waals surface area contributed by atoms with E-state index in [0.717, 1.165) is 71.4 Å². The molecule has 0 saturated carbocycles. The molecule has 0 aliphatic carbocycles. The quantitative estimate of drug-likeness (QED) is 0.367. The van der Waals surface area contributed by atoms with Crippen molar-refractivity contribution in [1.29, 1.82) is 0 Å². The molecule has 2 N–H and O–H groups in total. The van der Waals surface area contributed by atoms with E-state index in [4.69, 9.17) is 4.74 Å². The molecule has 22 heavy (non-hydrogen) atoms. The van der Waals surface area contributed by atoms with E-state index in [1.807, 2.05) is 11.8 Å². The van der Waals surface area contributed by atoms with Crippen LogP contribution in [0.3, 0.4) is 0 Å². The fraction of sp³-hybridized carbons (Fsp3) is 0.867. The Kier molecular flexibility index (Phi) is 9.57. The van der Waals surface area contributed by atoms with Gasteiger partial charge >= 0.3 is 0 Å². The highest BCUT2D eigenvalue weighted by atomic mass is 16.5. The predicted octanol–water partition coefficient (Wildman–Crippen LogP) is -0.258. The largest absolute Gasteiger partial charge is 0.382 e. The molecule has 0 bridgehead atoms. The first-order valence-corrected chi connectivity index (χ1v) is 8.17. The van der Waals surface area contributed by atoms with E-state index in [2.05, 4.69) is 20.5 Å². The lowest BCUT2D eigenvalue weighted by Gasteiger charge is -2.34. The summed E-state index contributed by atoms with van der Waals surface area (Å²) in [5, 5.41) is 6.59. The molecule has 0 aromatic carbocycles. The van der Waals surface area contributed by atoms with Crippen molar-refractivity contribution in [3.05, 3.63) is 0 Å². The van der Waals surface area contributed by atoms with Crippen LogP contribution in [-0.4, -0.2) is 87.7 Å². The Balaban J connectivity index is 2.08. The number of nitrogens with zero attached hydrogens (tertiary/aromatic N) is 3. The van der Waals surface area contributed by atoms with E-state index in [-0.39, 0.29) is 5.91 Å². The number of piperazine rings is 1. The van der Waals surface area contributed by atoms with Crippen LogP contribution in [0.25, 0.3) is 0 Å². The molecule has 1 amide bonds. The van der Waals surface area contributed by atoms with Gasteiger partial charge in [0, 0.05) is 73.0 Å². The molecule has 7 heteroatoms. The fourth-order valence-corrected chi connectivity index (χ4v) is 2.36. The smallest absolute Gasteiger partial charge is 0.219 e. The molecule has 0 atom stereocenters. The summed E-state index contributed by atoms with van der Waals surface area (Å²) in [6.45, 7) is 11.4. The van der Waals surface area contributed by atoms with Crippen LogP contribution < -0.4 is 10.6 Å². The van der Waals surface area contributed by atoms with Gasteiger partial charge in [0.1, 0.15) is 0 Å². The molecule has 0 radical (unpaired) electrons. The van der Waals surface area contributed by atoms with Gasteiger partial charge in [0.25, 0.3) is 0 Å². The second-order valence-electron chi connectivity index (χ2n) is 5.32. The minimum Gasteiger partial charge on any atom is -0.382 e. The van der Waals surface area contributed by atoms with E-state index in [1.54, 1.807) is 14.0 Å². The van der Waals surface area contributed by atoms with Crippen molar-refractivity contribution in [1.82, 2.24) is 20.4 Å². The van der Waals surface area contributed by atoms with Gasteiger partial charge in [-0.3, -0.25) is 14.7 Å². The van der Waals surface area contributed by atoms with Gasteiger partial charge in [-0.1, -0.05) is 0 Å². The summed E-state index contributed by atoms with van der Waals surface area (Å²) in [6, 6.07) is 0. The monoisotopic (exact) mass is 313 g/mol. The van der Waals surface area contributed by atoms with Crippen molar-refractivity contribution in [3.8, 4) is 0 Å². The van der Waals surface area contributed by atoms with Crippen LogP contribution in [0.15, 0.2) is 4.99 Å². The SMILES string of the molecule is CCOCCCNC(=NC)NCCN1CCN(C(C)=O)CC1. The van der Waals surface area contributed by atoms with Gasteiger partial charge in [0.15, 0.2) is 5.96 Å². The topological polar surface area (TPSA) is 69.2 Å². The second-order valence-corrected chi connectivity index (χ2v) is 5.32. The fourth-order valence-electron chi connectivity index (χ4n) is 2.36. The molecule has 1 heterocycles. The van der Waals surface area contributed by atoms with E-state index in [0.29, 0.717) is 0 Å². The first-order valence-electron chi connectivity index (χ1n) is 8.17. The molecule has 1 aliphatic heterocycles. The van der Waals surface area contributed by atoms with Gasteiger partial charge in [-0.25, -0.2) is 0 Å². The number of rotatable bonds is 8. The molecule has 128 valence electrons.